The molecule has 0 amide bonds. The SMILES string of the molecule is C=C(c1cc(I)c([N+](=O)[O-])c(I)c1)C(F)(F)F. The van der Waals surface area contributed by atoms with E-state index in [1.807, 2.05) is 0 Å². The summed E-state index contributed by atoms with van der Waals surface area (Å²) in [7, 11) is 0. The van der Waals surface area contributed by atoms with E-state index < -0.39 is 16.7 Å². The van der Waals surface area contributed by atoms with Crippen molar-refractivity contribution in [2.45, 2.75) is 6.18 Å². The van der Waals surface area contributed by atoms with E-state index in [0.717, 1.165) is 12.1 Å². The molecule has 17 heavy (non-hydrogen) atoms. The summed E-state index contributed by atoms with van der Waals surface area (Å²) in [5, 5.41) is 10.7. The van der Waals surface area contributed by atoms with Crippen LogP contribution in [0.4, 0.5) is 18.9 Å². The predicted molar refractivity (Wildman–Crippen MR) is 73.6 cm³/mol. The van der Waals surface area contributed by atoms with Crippen LogP contribution in [0.1, 0.15) is 5.56 Å². The molecule has 0 aliphatic carbocycles. The molecule has 0 fully saturated rings. The Labute approximate surface area is 122 Å². The van der Waals surface area contributed by atoms with Gasteiger partial charge in [-0.05, 0) is 62.9 Å². The lowest BCUT2D eigenvalue weighted by Crippen LogP contribution is -2.10. The molecule has 0 heterocycles. The van der Waals surface area contributed by atoms with E-state index in [1.54, 1.807) is 45.2 Å². The van der Waals surface area contributed by atoms with E-state index in [2.05, 4.69) is 6.58 Å². The molecule has 0 aliphatic heterocycles. The maximum atomic E-state index is 12.4. The fourth-order valence-corrected chi connectivity index (χ4v) is 3.24. The minimum absolute atomic E-state index is 0.153. The zero-order chi connectivity index (χ0) is 13.4. The van der Waals surface area contributed by atoms with Crippen molar-refractivity contribution in [1.29, 1.82) is 0 Å². The Morgan fingerprint density at radius 1 is 1.29 bits per heavy atom. The molecule has 3 nitrogen and oxygen atoms in total. The van der Waals surface area contributed by atoms with Gasteiger partial charge in [0.2, 0.25) is 0 Å². The van der Waals surface area contributed by atoms with Crippen molar-refractivity contribution >= 4 is 56.4 Å². The molecule has 0 spiro atoms. The standard InChI is InChI=1S/C9H4F3I2NO2/c1-4(9(10,11)12)5-2-6(13)8(15(16)17)7(14)3-5/h2-3H,1H2. The maximum absolute atomic E-state index is 12.4. The lowest BCUT2D eigenvalue weighted by atomic mass is 10.1. The summed E-state index contributed by atoms with van der Waals surface area (Å²) in [6, 6.07) is 2.22. The number of allylic oxidation sites excluding steroid dienone is 1. The molecule has 0 bridgehead atoms. The zero-order valence-electron chi connectivity index (χ0n) is 8.02. The van der Waals surface area contributed by atoms with Crippen LogP contribution in [0.15, 0.2) is 18.7 Å². The van der Waals surface area contributed by atoms with Crippen LogP contribution in [0, 0.1) is 17.3 Å². The Kier molecular flexibility index (Phi) is 4.38. The molecule has 0 aromatic heterocycles. The lowest BCUT2D eigenvalue weighted by Gasteiger charge is -2.11. The molecule has 8 heteroatoms. The van der Waals surface area contributed by atoms with Gasteiger partial charge in [-0.15, -0.1) is 0 Å². The average molecular weight is 469 g/mol. The molecule has 0 saturated carbocycles. The predicted octanol–water partition coefficient (Wildman–Crippen LogP) is 4.38. The second kappa shape index (κ2) is 5.08. The first-order chi connectivity index (χ1) is 7.64. The molecule has 1 aromatic carbocycles. The van der Waals surface area contributed by atoms with Crippen molar-refractivity contribution in [2.24, 2.45) is 0 Å². The zero-order valence-corrected chi connectivity index (χ0v) is 12.3. The van der Waals surface area contributed by atoms with Crippen molar-refractivity contribution < 1.29 is 18.1 Å². The van der Waals surface area contributed by atoms with Gasteiger partial charge in [0, 0.05) is 0 Å². The van der Waals surface area contributed by atoms with E-state index in [1.165, 1.54) is 0 Å². The number of hydrogen-bond acceptors (Lipinski definition) is 2. The minimum Gasteiger partial charge on any atom is -0.258 e. The molecule has 0 saturated heterocycles. The van der Waals surface area contributed by atoms with Gasteiger partial charge >= 0.3 is 6.18 Å². The fraction of sp³-hybridized carbons (Fsp3) is 0.111. The minimum atomic E-state index is -4.54. The second-order valence-electron chi connectivity index (χ2n) is 3.02. The molecule has 92 valence electrons. The third-order valence-electron chi connectivity index (χ3n) is 1.89. The van der Waals surface area contributed by atoms with Gasteiger partial charge in [0.05, 0.1) is 17.6 Å². The summed E-state index contributed by atoms with van der Waals surface area (Å²) >= 11 is 3.27. The largest absolute Gasteiger partial charge is 0.416 e. The Balaban J connectivity index is 3.34. The van der Waals surface area contributed by atoms with Crippen molar-refractivity contribution in [3.63, 3.8) is 0 Å². The monoisotopic (exact) mass is 469 g/mol. The summed E-state index contributed by atoms with van der Waals surface area (Å²) in [6.07, 6.45) is -4.54. The first kappa shape index (κ1) is 14.7. The van der Waals surface area contributed by atoms with Gasteiger partial charge in [0.15, 0.2) is 0 Å². The first-order valence-corrected chi connectivity index (χ1v) is 6.20. The smallest absolute Gasteiger partial charge is 0.258 e. The molecular formula is C9H4F3I2NO2. The molecular weight excluding hydrogens is 465 g/mol. The number of benzene rings is 1. The maximum Gasteiger partial charge on any atom is 0.416 e. The highest BCUT2D eigenvalue weighted by atomic mass is 127. The molecule has 0 atom stereocenters. The van der Waals surface area contributed by atoms with Gasteiger partial charge in [-0.2, -0.15) is 13.2 Å². The number of alkyl halides is 3. The molecule has 0 radical (unpaired) electrons. The Morgan fingerprint density at radius 3 is 2.00 bits per heavy atom. The van der Waals surface area contributed by atoms with Gasteiger partial charge < -0.3 is 0 Å². The quantitative estimate of drug-likeness (QED) is 0.367. The molecule has 1 aromatic rings. The summed E-state index contributed by atoms with van der Waals surface area (Å²) in [4.78, 5) is 10.1. The topological polar surface area (TPSA) is 43.1 Å². The Hall–Kier alpha value is -0.390. The van der Waals surface area contributed by atoms with E-state index in [-0.39, 0.29) is 18.4 Å². The summed E-state index contributed by atoms with van der Waals surface area (Å²) < 4.78 is 37.6. The van der Waals surface area contributed by atoms with Crippen LogP contribution < -0.4 is 0 Å². The molecule has 0 N–H and O–H groups in total. The second-order valence-corrected chi connectivity index (χ2v) is 5.35. The lowest BCUT2D eigenvalue weighted by molar-refractivity contribution is -0.386. The van der Waals surface area contributed by atoms with Crippen LogP contribution in [0.5, 0.6) is 0 Å². The summed E-state index contributed by atoms with van der Waals surface area (Å²) in [5.74, 6) is 0. The van der Waals surface area contributed by atoms with Crippen LogP contribution in [0.2, 0.25) is 0 Å². The van der Waals surface area contributed by atoms with Crippen molar-refractivity contribution in [3.05, 3.63) is 41.5 Å². The van der Waals surface area contributed by atoms with Crippen molar-refractivity contribution in [3.8, 4) is 0 Å². The Bertz CT molecular complexity index is 476. The Morgan fingerprint density at radius 2 is 1.71 bits per heavy atom. The summed E-state index contributed by atoms with van der Waals surface area (Å²) in [6.45, 7) is 2.95. The van der Waals surface area contributed by atoms with Gasteiger partial charge in [0.25, 0.3) is 5.69 Å². The highest BCUT2D eigenvalue weighted by molar-refractivity contribution is 14.1. The van der Waals surface area contributed by atoms with Gasteiger partial charge in [-0.3, -0.25) is 10.1 Å². The van der Waals surface area contributed by atoms with E-state index in [0.29, 0.717) is 0 Å². The van der Waals surface area contributed by atoms with Crippen LogP contribution in [-0.4, -0.2) is 11.1 Å². The van der Waals surface area contributed by atoms with Crippen LogP contribution in [0.3, 0.4) is 0 Å². The first-order valence-electron chi connectivity index (χ1n) is 4.04. The van der Waals surface area contributed by atoms with Gasteiger partial charge in [-0.25, -0.2) is 0 Å². The highest BCUT2D eigenvalue weighted by Gasteiger charge is 2.34. The van der Waals surface area contributed by atoms with E-state index >= 15 is 0 Å². The fourth-order valence-electron chi connectivity index (χ4n) is 1.08. The van der Waals surface area contributed by atoms with Crippen LogP contribution >= 0.6 is 45.2 Å². The number of nitro groups is 1. The van der Waals surface area contributed by atoms with Gasteiger partial charge in [-0.1, -0.05) is 6.58 Å². The third-order valence-corrected chi connectivity index (χ3v) is 3.53. The van der Waals surface area contributed by atoms with Crippen LogP contribution in [-0.2, 0) is 0 Å². The van der Waals surface area contributed by atoms with Crippen molar-refractivity contribution in [1.82, 2.24) is 0 Å². The normalized spacial score (nSPS) is 11.4. The summed E-state index contributed by atoms with van der Waals surface area (Å²) in [5.41, 5.74) is -1.36. The number of nitro benzene ring substituents is 1. The third kappa shape index (κ3) is 3.30. The van der Waals surface area contributed by atoms with E-state index in [9.17, 15) is 23.3 Å². The number of hydrogen-bond donors (Lipinski definition) is 0. The van der Waals surface area contributed by atoms with Crippen molar-refractivity contribution in [2.75, 3.05) is 0 Å². The number of halogens is 5. The molecule has 1 rings (SSSR count). The molecule has 0 unspecified atom stereocenters. The molecule has 0 aliphatic rings. The average Bonchev–Trinajstić information content (AvgIpc) is 2.13. The highest BCUT2D eigenvalue weighted by Crippen LogP contribution is 2.36. The number of rotatable bonds is 2. The van der Waals surface area contributed by atoms with E-state index in [4.69, 9.17) is 0 Å². The van der Waals surface area contributed by atoms with Crippen LogP contribution in [0.25, 0.3) is 5.57 Å². The van der Waals surface area contributed by atoms with Gasteiger partial charge in [0.1, 0.15) is 0 Å². The number of nitrogens with zero attached hydrogens (tertiary/aromatic N) is 1.